The van der Waals surface area contributed by atoms with Gasteiger partial charge in [-0.1, -0.05) is 11.8 Å². The molecule has 0 aromatic carbocycles. The highest BCUT2D eigenvalue weighted by Gasteiger charge is 2.50. The van der Waals surface area contributed by atoms with Gasteiger partial charge in [-0.25, -0.2) is 9.97 Å². The molecule has 0 bridgehead atoms. The topological polar surface area (TPSA) is 87.8 Å². The van der Waals surface area contributed by atoms with E-state index in [1.165, 1.54) is 11.8 Å². The molecule has 8 nitrogen and oxygen atoms in total. The van der Waals surface area contributed by atoms with Crippen molar-refractivity contribution >= 4 is 29.3 Å². The molecule has 1 amide bonds. The van der Waals surface area contributed by atoms with Crippen LogP contribution in [-0.2, 0) is 9.53 Å². The lowest BCUT2D eigenvalue weighted by Gasteiger charge is -2.29. The molecule has 0 saturated carbocycles. The lowest BCUT2D eigenvalue weighted by molar-refractivity contribution is -0.135. The average molecular weight is 393 g/mol. The monoisotopic (exact) mass is 392 g/mol. The van der Waals surface area contributed by atoms with Crippen LogP contribution in [0.1, 0.15) is 12.8 Å². The molecule has 1 spiro atoms. The number of amides is 1. The zero-order chi connectivity index (χ0) is 18.9. The van der Waals surface area contributed by atoms with Crippen molar-refractivity contribution in [3.63, 3.8) is 0 Å². The molecular formula is C18H28N6O2S. The number of nitrogens with zero attached hydrogens (tertiary/aromatic N) is 5. The van der Waals surface area contributed by atoms with E-state index in [-0.39, 0.29) is 5.41 Å². The summed E-state index contributed by atoms with van der Waals surface area (Å²) in [5.41, 5.74) is 5.67. The van der Waals surface area contributed by atoms with Crippen molar-refractivity contribution in [2.75, 3.05) is 75.9 Å². The first-order chi connectivity index (χ1) is 13.1. The van der Waals surface area contributed by atoms with Gasteiger partial charge in [0.1, 0.15) is 11.6 Å². The second-order valence-electron chi connectivity index (χ2n) is 7.59. The Bertz CT molecular complexity index is 698. The van der Waals surface area contributed by atoms with E-state index in [1.807, 2.05) is 12.3 Å². The summed E-state index contributed by atoms with van der Waals surface area (Å²) in [7, 11) is 0. The van der Waals surface area contributed by atoms with Crippen molar-refractivity contribution in [1.82, 2.24) is 19.8 Å². The molecule has 0 radical (unpaired) electrons. The standard InChI is InChI=1S/C18H28N6O2S/c1-27-17-20-14(19)12-15(21-17)24-5-3-18(13-24)2-4-23(16(18)25)7-6-22-8-10-26-11-9-22/h12H,2-11,13H2,1H3,(H2,19,20,21). The third kappa shape index (κ3) is 3.86. The summed E-state index contributed by atoms with van der Waals surface area (Å²) in [4.78, 5) is 28.6. The highest BCUT2D eigenvalue weighted by Crippen LogP contribution is 2.42. The minimum atomic E-state index is -0.260. The highest BCUT2D eigenvalue weighted by atomic mass is 32.2. The van der Waals surface area contributed by atoms with Crippen LogP contribution in [0.3, 0.4) is 0 Å². The molecule has 2 N–H and O–H groups in total. The van der Waals surface area contributed by atoms with Crippen LogP contribution in [0, 0.1) is 5.41 Å². The fraction of sp³-hybridized carbons (Fsp3) is 0.722. The van der Waals surface area contributed by atoms with E-state index in [2.05, 4.69) is 24.7 Å². The zero-order valence-corrected chi connectivity index (χ0v) is 16.7. The molecule has 9 heteroatoms. The van der Waals surface area contributed by atoms with Crippen molar-refractivity contribution in [3.05, 3.63) is 6.07 Å². The molecule has 0 aliphatic carbocycles. The van der Waals surface area contributed by atoms with Gasteiger partial charge < -0.3 is 20.3 Å². The number of hydrogen-bond acceptors (Lipinski definition) is 8. The maximum atomic E-state index is 13.2. The minimum absolute atomic E-state index is 0.260. The molecule has 3 aliphatic rings. The van der Waals surface area contributed by atoms with Gasteiger partial charge in [0, 0.05) is 51.9 Å². The number of ether oxygens (including phenoxy) is 1. The SMILES string of the molecule is CSc1nc(N)cc(N2CCC3(CCN(CCN4CCOCC4)C3=O)C2)n1. The summed E-state index contributed by atoms with van der Waals surface area (Å²) in [5.74, 6) is 1.63. The van der Waals surface area contributed by atoms with Crippen LogP contribution in [0.5, 0.6) is 0 Å². The number of carbonyl (C=O) groups is 1. The Hall–Kier alpha value is -1.58. The lowest BCUT2D eigenvalue weighted by atomic mass is 9.85. The number of likely N-dealkylation sites (tertiary alicyclic amines) is 1. The number of hydrogen-bond donors (Lipinski definition) is 1. The predicted molar refractivity (Wildman–Crippen MR) is 106 cm³/mol. The van der Waals surface area contributed by atoms with Gasteiger partial charge in [0.2, 0.25) is 5.91 Å². The second kappa shape index (κ2) is 7.81. The first-order valence-corrected chi connectivity index (χ1v) is 10.9. The molecule has 3 aliphatic heterocycles. The molecule has 1 aromatic rings. The summed E-state index contributed by atoms with van der Waals surface area (Å²) < 4.78 is 5.40. The Kier molecular flexibility index (Phi) is 5.43. The summed E-state index contributed by atoms with van der Waals surface area (Å²) in [6.07, 6.45) is 3.76. The quantitative estimate of drug-likeness (QED) is 0.574. The van der Waals surface area contributed by atoms with Crippen LogP contribution in [0.2, 0.25) is 0 Å². The minimum Gasteiger partial charge on any atom is -0.383 e. The summed E-state index contributed by atoms with van der Waals surface area (Å²) in [6.45, 7) is 7.71. The van der Waals surface area contributed by atoms with Gasteiger partial charge in [-0.15, -0.1) is 0 Å². The third-order valence-electron chi connectivity index (χ3n) is 5.96. The Morgan fingerprint density at radius 2 is 1.96 bits per heavy atom. The van der Waals surface area contributed by atoms with Gasteiger partial charge in [0.05, 0.1) is 18.6 Å². The Morgan fingerprint density at radius 1 is 1.19 bits per heavy atom. The molecule has 27 heavy (non-hydrogen) atoms. The molecular weight excluding hydrogens is 364 g/mol. The zero-order valence-electron chi connectivity index (χ0n) is 15.9. The van der Waals surface area contributed by atoms with Gasteiger partial charge in [0.25, 0.3) is 0 Å². The molecule has 1 unspecified atom stereocenters. The smallest absolute Gasteiger partial charge is 0.230 e. The number of rotatable bonds is 5. The molecule has 148 valence electrons. The average Bonchev–Trinajstić information content (AvgIpc) is 3.26. The van der Waals surface area contributed by atoms with E-state index in [1.54, 1.807) is 0 Å². The normalized spacial score (nSPS) is 26.5. The van der Waals surface area contributed by atoms with E-state index in [4.69, 9.17) is 10.5 Å². The fourth-order valence-electron chi connectivity index (χ4n) is 4.32. The molecule has 3 fully saturated rings. The molecule has 4 rings (SSSR count). The van der Waals surface area contributed by atoms with Crippen molar-refractivity contribution in [2.45, 2.75) is 18.0 Å². The maximum absolute atomic E-state index is 13.2. The van der Waals surface area contributed by atoms with Crippen LogP contribution >= 0.6 is 11.8 Å². The van der Waals surface area contributed by atoms with E-state index < -0.39 is 0 Å². The molecule has 1 atom stereocenters. The van der Waals surface area contributed by atoms with Gasteiger partial charge in [-0.3, -0.25) is 9.69 Å². The van der Waals surface area contributed by atoms with Crippen LogP contribution < -0.4 is 10.6 Å². The second-order valence-corrected chi connectivity index (χ2v) is 8.36. The van der Waals surface area contributed by atoms with Crippen LogP contribution in [0.4, 0.5) is 11.6 Å². The van der Waals surface area contributed by atoms with Crippen LogP contribution in [-0.4, -0.2) is 91.0 Å². The maximum Gasteiger partial charge on any atom is 0.230 e. The van der Waals surface area contributed by atoms with E-state index >= 15 is 0 Å². The molecule has 1 aromatic heterocycles. The van der Waals surface area contributed by atoms with Gasteiger partial charge in [-0.05, 0) is 19.1 Å². The Balaban J connectivity index is 1.38. The largest absolute Gasteiger partial charge is 0.383 e. The molecule has 3 saturated heterocycles. The van der Waals surface area contributed by atoms with Crippen molar-refractivity contribution in [2.24, 2.45) is 5.41 Å². The van der Waals surface area contributed by atoms with Gasteiger partial charge in [-0.2, -0.15) is 0 Å². The van der Waals surface area contributed by atoms with Crippen molar-refractivity contribution in [1.29, 1.82) is 0 Å². The van der Waals surface area contributed by atoms with Crippen molar-refractivity contribution < 1.29 is 9.53 Å². The van der Waals surface area contributed by atoms with Gasteiger partial charge >= 0.3 is 0 Å². The van der Waals surface area contributed by atoms with Gasteiger partial charge in [0.15, 0.2) is 5.16 Å². The number of morpholine rings is 1. The number of nitrogen functional groups attached to an aromatic ring is 1. The Labute approximate surface area is 164 Å². The first-order valence-electron chi connectivity index (χ1n) is 9.63. The Morgan fingerprint density at radius 3 is 2.74 bits per heavy atom. The number of anilines is 2. The highest BCUT2D eigenvalue weighted by molar-refractivity contribution is 7.98. The number of thioether (sulfide) groups is 1. The lowest BCUT2D eigenvalue weighted by Crippen LogP contribution is -2.43. The fourth-order valence-corrected chi connectivity index (χ4v) is 4.70. The van der Waals surface area contributed by atoms with E-state index in [0.717, 1.165) is 77.7 Å². The number of nitrogens with two attached hydrogens (primary N) is 1. The van der Waals surface area contributed by atoms with Crippen LogP contribution in [0.15, 0.2) is 11.2 Å². The molecule has 4 heterocycles. The third-order valence-corrected chi connectivity index (χ3v) is 6.51. The first kappa shape index (κ1) is 18.8. The number of aromatic nitrogens is 2. The number of carbonyl (C=O) groups excluding carboxylic acids is 1. The predicted octanol–water partition coefficient (Wildman–Crippen LogP) is 0.542. The summed E-state index contributed by atoms with van der Waals surface area (Å²) in [5, 5.41) is 0.677. The van der Waals surface area contributed by atoms with E-state index in [9.17, 15) is 4.79 Å². The van der Waals surface area contributed by atoms with Crippen LogP contribution in [0.25, 0.3) is 0 Å². The summed E-state index contributed by atoms with van der Waals surface area (Å²) in [6, 6.07) is 1.81. The van der Waals surface area contributed by atoms with E-state index in [0.29, 0.717) is 16.9 Å². The summed E-state index contributed by atoms with van der Waals surface area (Å²) >= 11 is 1.48. The van der Waals surface area contributed by atoms with Crippen molar-refractivity contribution in [3.8, 4) is 0 Å².